The second-order valence-corrected chi connectivity index (χ2v) is 4.05. The largest absolute Gasteiger partial charge is 0.473 e. The Bertz CT molecular complexity index is 575. The summed E-state index contributed by atoms with van der Waals surface area (Å²) in [5.74, 6) is 0.157. The standard InChI is InChI=1S/C12H11N3O2/c16-12(17)11-14-8-4-7-10(14)13-15(11)9-5-2-1-3-6-9/h1-3,5-6H,4,7-8H2/p+1. The van der Waals surface area contributed by atoms with Crippen LogP contribution in [0.4, 0.5) is 0 Å². The van der Waals surface area contributed by atoms with Crippen LogP contribution in [-0.2, 0) is 13.0 Å². The van der Waals surface area contributed by atoms with Crippen molar-refractivity contribution in [3.8, 4) is 5.69 Å². The first-order valence-corrected chi connectivity index (χ1v) is 5.58. The minimum atomic E-state index is -0.936. The van der Waals surface area contributed by atoms with Crippen molar-refractivity contribution in [2.45, 2.75) is 19.4 Å². The van der Waals surface area contributed by atoms with Gasteiger partial charge in [0.15, 0.2) is 0 Å². The predicted molar refractivity (Wildman–Crippen MR) is 59.0 cm³/mol. The Morgan fingerprint density at radius 3 is 2.82 bits per heavy atom. The van der Waals surface area contributed by atoms with Gasteiger partial charge in [0.25, 0.3) is 5.82 Å². The molecule has 2 heterocycles. The number of carbonyl (C=O) groups is 1. The third-order valence-corrected chi connectivity index (χ3v) is 2.96. The normalized spacial score (nSPS) is 13.6. The first-order chi connectivity index (χ1) is 8.27. The fourth-order valence-corrected chi connectivity index (χ4v) is 2.22. The van der Waals surface area contributed by atoms with Crippen molar-refractivity contribution in [3.05, 3.63) is 42.0 Å². The minimum absolute atomic E-state index is 0.240. The van der Waals surface area contributed by atoms with Crippen molar-refractivity contribution in [2.75, 3.05) is 0 Å². The predicted octanol–water partition coefficient (Wildman–Crippen LogP) is 0.804. The van der Waals surface area contributed by atoms with E-state index in [-0.39, 0.29) is 5.82 Å². The number of aromatic nitrogens is 3. The molecule has 0 radical (unpaired) electrons. The van der Waals surface area contributed by atoms with Gasteiger partial charge in [-0.2, -0.15) is 0 Å². The third kappa shape index (κ3) is 1.51. The molecule has 0 fully saturated rings. The van der Waals surface area contributed by atoms with Gasteiger partial charge < -0.3 is 5.11 Å². The summed E-state index contributed by atoms with van der Waals surface area (Å²) in [7, 11) is 0. The highest BCUT2D eigenvalue weighted by Crippen LogP contribution is 2.12. The van der Waals surface area contributed by atoms with Crippen molar-refractivity contribution < 1.29 is 14.5 Å². The molecule has 0 unspecified atom stereocenters. The van der Waals surface area contributed by atoms with E-state index in [1.807, 2.05) is 30.3 Å². The molecule has 17 heavy (non-hydrogen) atoms. The number of hydrogen-bond donors (Lipinski definition) is 1. The van der Waals surface area contributed by atoms with Crippen molar-refractivity contribution in [3.63, 3.8) is 0 Å². The van der Waals surface area contributed by atoms with Gasteiger partial charge >= 0.3 is 11.8 Å². The van der Waals surface area contributed by atoms with Crippen LogP contribution in [-0.4, -0.2) is 20.9 Å². The molecule has 1 aromatic carbocycles. The van der Waals surface area contributed by atoms with E-state index in [1.165, 1.54) is 4.68 Å². The summed E-state index contributed by atoms with van der Waals surface area (Å²) in [4.78, 5) is 11.3. The lowest BCUT2D eigenvalue weighted by molar-refractivity contribution is -0.693. The van der Waals surface area contributed by atoms with Gasteiger partial charge in [0.1, 0.15) is 5.69 Å². The molecule has 1 aliphatic rings. The van der Waals surface area contributed by atoms with Crippen LogP contribution in [0.3, 0.4) is 0 Å². The summed E-state index contributed by atoms with van der Waals surface area (Å²) < 4.78 is 3.30. The molecule has 0 atom stereocenters. The summed E-state index contributed by atoms with van der Waals surface area (Å²) in [5.41, 5.74) is 0.784. The lowest BCUT2D eigenvalue weighted by Gasteiger charge is -1.97. The molecule has 5 nitrogen and oxygen atoms in total. The second kappa shape index (κ2) is 3.69. The molecule has 86 valence electrons. The number of nitrogens with zero attached hydrogens (tertiary/aromatic N) is 3. The Kier molecular flexibility index (Phi) is 2.18. The van der Waals surface area contributed by atoms with E-state index in [0.29, 0.717) is 0 Å². The van der Waals surface area contributed by atoms with Crippen molar-refractivity contribution >= 4 is 5.97 Å². The lowest BCUT2D eigenvalue weighted by Crippen LogP contribution is -2.39. The van der Waals surface area contributed by atoms with Gasteiger partial charge in [0.05, 0.1) is 6.54 Å². The summed E-state index contributed by atoms with van der Waals surface area (Å²) in [6.07, 6.45) is 1.82. The number of fused-ring (bicyclic) bond motifs is 1. The van der Waals surface area contributed by atoms with E-state index >= 15 is 0 Å². The number of carboxylic acids is 1. The molecule has 0 saturated carbocycles. The maximum Gasteiger partial charge on any atom is 0.406 e. The van der Waals surface area contributed by atoms with E-state index < -0.39 is 5.97 Å². The van der Waals surface area contributed by atoms with Crippen LogP contribution < -0.4 is 4.57 Å². The third-order valence-electron chi connectivity index (χ3n) is 2.96. The van der Waals surface area contributed by atoms with E-state index in [1.54, 1.807) is 4.57 Å². The lowest BCUT2D eigenvalue weighted by atomic mass is 10.3. The van der Waals surface area contributed by atoms with Gasteiger partial charge in [-0.3, -0.25) is 0 Å². The zero-order chi connectivity index (χ0) is 11.8. The van der Waals surface area contributed by atoms with Crippen molar-refractivity contribution in [2.24, 2.45) is 0 Å². The molecule has 0 amide bonds. The molecular formula is C12H12N3O2+. The highest BCUT2D eigenvalue weighted by molar-refractivity contribution is 5.82. The number of para-hydroxylation sites is 1. The number of carboxylic acid groups (broad SMARTS) is 1. The monoisotopic (exact) mass is 230 g/mol. The van der Waals surface area contributed by atoms with E-state index in [4.69, 9.17) is 0 Å². The van der Waals surface area contributed by atoms with Crippen LogP contribution in [0.25, 0.3) is 5.69 Å². The number of hydrogen-bond acceptors (Lipinski definition) is 2. The van der Waals surface area contributed by atoms with Crippen LogP contribution in [0.2, 0.25) is 0 Å². The fourth-order valence-electron chi connectivity index (χ4n) is 2.22. The highest BCUT2D eigenvalue weighted by Gasteiger charge is 2.34. The van der Waals surface area contributed by atoms with Crippen molar-refractivity contribution in [1.82, 2.24) is 9.78 Å². The number of benzene rings is 1. The summed E-state index contributed by atoms with van der Waals surface area (Å²) >= 11 is 0. The van der Waals surface area contributed by atoms with E-state index in [2.05, 4.69) is 5.10 Å². The molecule has 2 aromatic rings. The maximum atomic E-state index is 11.3. The highest BCUT2D eigenvalue weighted by atomic mass is 16.4. The Morgan fingerprint density at radius 1 is 1.35 bits per heavy atom. The molecule has 0 spiro atoms. The zero-order valence-electron chi connectivity index (χ0n) is 9.21. The van der Waals surface area contributed by atoms with Gasteiger partial charge in [-0.25, -0.2) is 9.36 Å². The van der Waals surface area contributed by atoms with E-state index in [0.717, 1.165) is 30.9 Å². The van der Waals surface area contributed by atoms with Crippen LogP contribution in [0, 0.1) is 0 Å². The van der Waals surface area contributed by atoms with Crippen LogP contribution in [0.1, 0.15) is 22.9 Å². The summed E-state index contributed by atoms with van der Waals surface area (Å²) in [5, 5.41) is 13.7. The Labute approximate surface area is 97.9 Å². The smallest absolute Gasteiger partial charge is 0.406 e. The maximum absolute atomic E-state index is 11.3. The van der Waals surface area contributed by atoms with Crippen molar-refractivity contribution in [1.29, 1.82) is 0 Å². The second-order valence-electron chi connectivity index (χ2n) is 4.05. The molecule has 5 heteroatoms. The van der Waals surface area contributed by atoms with Gasteiger partial charge in [-0.15, -0.1) is 0 Å². The van der Waals surface area contributed by atoms with Crippen LogP contribution in [0.15, 0.2) is 30.3 Å². The number of aromatic carboxylic acids is 1. The van der Waals surface area contributed by atoms with Crippen LogP contribution >= 0.6 is 0 Å². The number of rotatable bonds is 2. The van der Waals surface area contributed by atoms with Crippen LogP contribution in [0.5, 0.6) is 0 Å². The Morgan fingerprint density at radius 2 is 2.12 bits per heavy atom. The minimum Gasteiger partial charge on any atom is -0.473 e. The quantitative estimate of drug-likeness (QED) is 0.776. The van der Waals surface area contributed by atoms with Gasteiger partial charge in [-0.1, -0.05) is 22.9 Å². The molecule has 0 saturated heterocycles. The molecule has 1 aromatic heterocycles. The Hall–Kier alpha value is -2.17. The Balaban J connectivity index is 2.21. The molecule has 0 aliphatic carbocycles. The molecular weight excluding hydrogens is 218 g/mol. The van der Waals surface area contributed by atoms with Gasteiger partial charge in [-0.05, 0) is 18.6 Å². The summed E-state index contributed by atoms with van der Waals surface area (Å²) in [6, 6.07) is 9.36. The SMILES string of the molecule is O=C(O)c1n(-c2ccccc2)nc2[n+]1CCC2. The summed E-state index contributed by atoms with van der Waals surface area (Å²) in [6.45, 7) is 0.740. The first-order valence-electron chi connectivity index (χ1n) is 5.58. The molecule has 3 rings (SSSR count). The zero-order valence-corrected chi connectivity index (χ0v) is 9.21. The molecule has 1 N–H and O–H groups in total. The topological polar surface area (TPSA) is 59.0 Å². The number of aryl methyl sites for hydroxylation is 1. The average molecular weight is 230 g/mol. The fraction of sp³-hybridized carbons (Fsp3) is 0.250. The first kappa shape index (κ1) is 10.0. The molecule has 0 bridgehead atoms. The van der Waals surface area contributed by atoms with E-state index in [9.17, 15) is 9.90 Å². The molecule has 1 aliphatic heterocycles. The van der Waals surface area contributed by atoms with Gasteiger partial charge in [0.2, 0.25) is 0 Å². The average Bonchev–Trinajstić information content (AvgIpc) is 2.88. The van der Waals surface area contributed by atoms with Gasteiger partial charge in [0, 0.05) is 11.5 Å².